The summed E-state index contributed by atoms with van der Waals surface area (Å²) in [6.45, 7) is 4.92. The Kier molecular flexibility index (Phi) is 4.46. The third-order valence-electron chi connectivity index (χ3n) is 4.13. The minimum Gasteiger partial charge on any atom is -0.345 e. The third-order valence-corrected chi connectivity index (χ3v) is 6.13. The predicted molar refractivity (Wildman–Crippen MR) is 100 cm³/mol. The van der Waals surface area contributed by atoms with Crippen LogP contribution in [-0.2, 0) is 0 Å². The maximum Gasteiger partial charge on any atom is 0.265 e. The molecule has 0 radical (unpaired) electrons. The molecule has 4 heterocycles. The second-order valence-electron chi connectivity index (χ2n) is 5.74. The standard InChI is InChI=1S/C17H17N5OS2/c1-12-14(25-15(20-12)13-4-2-3-5-18-13)16(23)21-7-9-22(10-8-21)17-19-6-11-24-17/h2-6,11H,7-10H2,1H3. The fourth-order valence-corrected chi connectivity index (χ4v) is 4.52. The first kappa shape index (κ1) is 16.2. The van der Waals surface area contributed by atoms with Crippen LogP contribution < -0.4 is 4.90 Å². The van der Waals surface area contributed by atoms with Crippen LogP contribution in [0.5, 0.6) is 0 Å². The lowest BCUT2D eigenvalue weighted by Crippen LogP contribution is -2.48. The van der Waals surface area contributed by atoms with E-state index in [1.54, 1.807) is 17.5 Å². The Hall–Kier alpha value is -2.32. The van der Waals surface area contributed by atoms with Gasteiger partial charge in [0.25, 0.3) is 5.91 Å². The Morgan fingerprint density at radius 3 is 2.64 bits per heavy atom. The Balaban J connectivity index is 1.48. The van der Waals surface area contributed by atoms with E-state index < -0.39 is 0 Å². The number of aryl methyl sites for hydroxylation is 1. The highest BCUT2D eigenvalue weighted by atomic mass is 32.1. The van der Waals surface area contributed by atoms with E-state index in [0.717, 1.165) is 34.6 Å². The lowest BCUT2D eigenvalue weighted by molar-refractivity contribution is 0.0750. The minimum absolute atomic E-state index is 0.0657. The van der Waals surface area contributed by atoms with E-state index in [9.17, 15) is 4.79 Å². The smallest absolute Gasteiger partial charge is 0.265 e. The van der Waals surface area contributed by atoms with Crippen molar-refractivity contribution < 1.29 is 4.79 Å². The summed E-state index contributed by atoms with van der Waals surface area (Å²) >= 11 is 3.06. The first-order valence-electron chi connectivity index (χ1n) is 8.05. The molecule has 0 N–H and O–H groups in total. The topological polar surface area (TPSA) is 62.2 Å². The van der Waals surface area contributed by atoms with Crippen LogP contribution in [0.15, 0.2) is 36.0 Å². The van der Waals surface area contributed by atoms with Gasteiger partial charge in [-0.1, -0.05) is 6.07 Å². The number of hydrogen-bond acceptors (Lipinski definition) is 7. The predicted octanol–water partition coefficient (Wildman–Crippen LogP) is 2.93. The van der Waals surface area contributed by atoms with Gasteiger partial charge in [-0.15, -0.1) is 22.7 Å². The number of hydrogen-bond donors (Lipinski definition) is 0. The monoisotopic (exact) mass is 371 g/mol. The quantitative estimate of drug-likeness (QED) is 0.708. The summed E-state index contributed by atoms with van der Waals surface area (Å²) in [7, 11) is 0. The van der Waals surface area contributed by atoms with Crippen LogP contribution in [0.3, 0.4) is 0 Å². The lowest BCUT2D eigenvalue weighted by Gasteiger charge is -2.34. The number of carbonyl (C=O) groups excluding carboxylic acids is 1. The molecule has 0 bridgehead atoms. The highest BCUT2D eigenvalue weighted by Gasteiger charge is 2.26. The van der Waals surface area contributed by atoms with Crippen molar-refractivity contribution in [1.82, 2.24) is 19.9 Å². The molecule has 1 aliphatic rings. The lowest BCUT2D eigenvalue weighted by atomic mass is 10.3. The number of anilines is 1. The number of pyridine rings is 1. The Morgan fingerprint density at radius 2 is 1.96 bits per heavy atom. The molecule has 4 rings (SSSR count). The summed E-state index contributed by atoms with van der Waals surface area (Å²) in [4.78, 5) is 31.0. The van der Waals surface area contributed by atoms with Crippen LogP contribution in [0.4, 0.5) is 5.13 Å². The Bertz CT molecular complexity index is 855. The number of aromatic nitrogens is 3. The van der Waals surface area contributed by atoms with Crippen molar-refractivity contribution in [2.45, 2.75) is 6.92 Å². The number of carbonyl (C=O) groups is 1. The number of amides is 1. The molecule has 1 amide bonds. The Labute approximate surface area is 153 Å². The highest BCUT2D eigenvalue weighted by molar-refractivity contribution is 7.17. The van der Waals surface area contributed by atoms with Gasteiger partial charge in [0.1, 0.15) is 9.88 Å². The van der Waals surface area contributed by atoms with Crippen LogP contribution in [0, 0.1) is 6.92 Å². The molecule has 8 heteroatoms. The van der Waals surface area contributed by atoms with E-state index in [4.69, 9.17) is 0 Å². The van der Waals surface area contributed by atoms with Crippen LogP contribution in [-0.4, -0.2) is 51.9 Å². The fourth-order valence-electron chi connectivity index (χ4n) is 2.81. The van der Waals surface area contributed by atoms with Gasteiger partial charge in [0.2, 0.25) is 0 Å². The van der Waals surface area contributed by atoms with Crippen molar-refractivity contribution in [3.63, 3.8) is 0 Å². The van der Waals surface area contributed by atoms with Crippen LogP contribution >= 0.6 is 22.7 Å². The largest absolute Gasteiger partial charge is 0.345 e. The zero-order valence-electron chi connectivity index (χ0n) is 13.8. The Morgan fingerprint density at radius 1 is 1.12 bits per heavy atom. The van der Waals surface area contributed by atoms with E-state index in [-0.39, 0.29) is 5.91 Å². The zero-order chi connectivity index (χ0) is 17.2. The van der Waals surface area contributed by atoms with Crippen molar-refractivity contribution in [3.05, 3.63) is 46.5 Å². The summed E-state index contributed by atoms with van der Waals surface area (Å²) in [5.41, 5.74) is 1.58. The normalized spacial score (nSPS) is 14.8. The van der Waals surface area contributed by atoms with Crippen molar-refractivity contribution in [2.24, 2.45) is 0 Å². The van der Waals surface area contributed by atoms with Gasteiger partial charge < -0.3 is 9.80 Å². The van der Waals surface area contributed by atoms with Gasteiger partial charge in [-0.2, -0.15) is 0 Å². The number of thiazole rings is 2. The minimum atomic E-state index is 0.0657. The summed E-state index contributed by atoms with van der Waals surface area (Å²) in [6, 6.07) is 5.72. The molecule has 1 fully saturated rings. The van der Waals surface area contributed by atoms with Crippen LogP contribution in [0.2, 0.25) is 0 Å². The molecule has 3 aromatic heterocycles. The van der Waals surface area contributed by atoms with E-state index in [0.29, 0.717) is 18.0 Å². The molecular formula is C17H17N5OS2. The number of rotatable bonds is 3. The van der Waals surface area contributed by atoms with Gasteiger partial charge in [0, 0.05) is 44.0 Å². The van der Waals surface area contributed by atoms with E-state index in [2.05, 4.69) is 19.9 Å². The molecule has 3 aromatic rings. The number of nitrogens with zero attached hydrogens (tertiary/aromatic N) is 5. The van der Waals surface area contributed by atoms with E-state index in [1.165, 1.54) is 11.3 Å². The zero-order valence-corrected chi connectivity index (χ0v) is 15.4. The maximum absolute atomic E-state index is 12.9. The van der Waals surface area contributed by atoms with Gasteiger partial charge in [-0.05, 0) is 19.1 Å². The molecule has 0 aromatic carbocycles. The van der Waals surface area contributed by atoms with Crippen molar-refractivity contribution >= 4 is 33.7 Å². The molecule has 128 valence electrons. The first-order chi connectivity index (χ1) is 12.2. The molecule has 0 atom stereocenters. The molecule has 25 heavy (non-hydrogen) atoms. The average Bonchev–Trinajstić information content (AvgIpc) is 3.32. The summed E-state index contributed by atoms with van der Waals surface area (Å²) < 4.78 is 0. The van der Waals surface area contributed by atoms with Gasteiger partial charge in [0.05, 0.1) is 11.4 Å². The van der Waals surface area contributed by atoms with Crippen molar-refractivity contribution in [3.8, 4) is 10.7 Å². The van der Waals surface area contributed by atoms with Gasteiger partial charge >= 0.3 is 0 Å². The maximum atomic E-state index is 12.9. The highest BCUT2D eigenvalue weighted by Crippen LogP contribution is 2.28. The van der Waals surface area contributed by atoms with Crippen LogP contribution in [0.1, 0.15) is 15.4 Å². The van der Waals surface area contributed by atoms with Crippen LogP contribution in [0.25, 0.3) is 10.7 Å². The van der Waals surface area contributed by atoms with E-state index in [1.807, 2.05) is 41.6 Å². The molecule has 0 saturated carbocycles. The van der Waals surface area contributed by atoms with Gasteiger partial charge in [-0.3, -0.25) is 9.78 Å². The molecular weight excluding hydrogens is 354 g/mol. The molecule has 0 spiro atoms. The fraction of sp³-hybridized carbons (Fsp3) is 0.294. The molecule has 0 aliphatic carbocycles. The third kappa shape index (κ3) is 3.27. The van der Waals surface area contributed by atoms with E-state index >= 15 is 0 Å². The average molecular weight is 371 g/mol. The van der Waals surface area contributed by atoms with Crippen molar-refractivity contribution in [2.75, 3.05) is 31.1 Å². The molecule has 1 saturated heterocycles. The summed E-state index contributed by atoms with van der Waals surface area (Å²) in [5.74, 6) is 0.0657. The van der Waals surface area contributed by atoms with Gasteiger partial charge in [-0.25, -0.2) is 9.97 Å². The number of piperazine rings is 1. The summed E-state index contributed by atoms with van der Waals surface area (Å²) in [5, 5.41) is 3.80. The second-order valence-corrected chi connectivity index (χ2v) is 7.61. The van der Waals surface area contributed by atoms with Gasteiger partial charge in [0.15, 0.2) is 5.13 Å². The van der Waals surface area contributed by atoms with Crippen molar-refractivity contribution in [1.29, 1.82) is 0 Å². The molecule has 0 unspecified atom stereocenters. The molecule has 6 nitrogen and oxygen atoms in total. The second kappa shape index (κ2) is 6.89. The summed E-state index contributed by atoms with van der Waals surface area (Å²) in [6.07, 6.45) is 3.56. The first-order valence-corrected chi connectivity index (χ1v) is 9.74. The molecule has 1 aliphatic heterocycles. The SMILES string of the molecule is Cc1nc(-c2ccccn2)sc1C(=O)N1CCN(c2nccs2)CC1.